The van der Waals surface area contributed by atoms with E-state index < -0.39 is 0 Å². The first-order valence-corrected chi connectivity index (χ1v) is 9.22. The van der Waals surface area contributed by atoms with E-state index in [1.165, 1.54) is 19.3 Å². The van der Waals surface area contributed by atoms with Gasteiger partial charge in [0.25, 0.3) is 0 Å². The van der Waals surface area contributed by atoms with Crippen LogP contribution in [0.15, 0.2) is 42.5 Å². The third kappa shape index (κ3) is 4.17. The SMILES string of the molecule is CC(COc1ccccc1C(=O)c1ccc(N)c(N)c1)N1CCCCC1. The lowest BCUT2D eigenvalue weighted by Crippen LogP contribution is -2.40. The number of hydrogen-bond donors (Lipinski definition) is 2. The second-order valence-electron chi connectivity index (χ2n) is 6.93. The minimum atomic E-state index is -0.113. The maximum absolute atomic E-state index is 12.9. The minimum absolute atomic E-state index is 0.113. The zero-order chi connectivity index (χ0) is 18.5. The van der Waals surface area contributed by atoms with E-state index in [0.717, 1.165) is 13.1 Å². The van der Waals surface area contributed by atoms with Crippen LogP contribution in [-0.2, 0) is 0 Å². The molecule has 1 aliphatic heterocycles. The second-order valence-corrected chi connectivity index (χ2v) is 6.93. The van der Waals surface area contributed by atoms with Crippen LogP contribution >= 0.6 is 0 Å². The number of ketones is 1. The molecule has 2 aromatic carbocycles. The number of nitrogens with two attached hydrogens (primary N) is 2. The van der Waals surface area contributed by atoms with E-state index in [4.69, 9.17) is 16.2 Å². The average molecular weight is 353 g/mol. The van der Waals surface area contributed by atoms with Gasteiger partial charge in [0.2, 0.25) is 0 Å². The summed E-state index contributed by atoms with van der Waals surface area (Å²) in [4.78, 5) is 15.3. The smallest absolute Gasteiger partial charge is 0.196 e. The van der Waals surface area contributed by atoms with E-state index in [0.29, 0.717) is 40.9 Å². The van der Waals surface area contributed by atoms with E-state index in [1.807, 2.05) is 18.2 Å². The van der Waals surface area contributed by atoms with Crippen LogP contribution in [0.1, 0.15) is 42.1 Å². The van der Waals surface area contributed by atoms with Crippen molar-refractivity contribution >= 4 is 17.2 Å². The van der Waals surface area contributed by atoms with Crippen molar-refractivity contribution in [2.75, 3.05) is 31.2 Å². The lowest BCUT2D eigenvalue weighted by atomic mass is 10.0. The molecule has 26 heavy (non-hydrogen) atoms. The van der Waals surface area contributed by atoms with Crippen LogP contribution in [0.4, 0.5) is 11.4 Å². The number of para-hydroxylation sites is 1. The number of nitrogen functional groups attached to an aromatic ring is 2. The van der Waals surface area contributed by atoms with Crippen LogP contribution in [0.25, 0.3) is 0 Å². The van der Waals surface area contributed by atoms with Crippen LogP contribution in [0.2, 0.25) is 0 Å². The maximum atomic E-state index is 12.9. The summed E-state index contributed by atoms with van der Waals surface area (Å²) in [6.45, 7) is 4.98. The Balaban J connectivity index is 1.73. The summed E-state index contributed by atoms with van der Waals surface area (Å²) < 4.78 is 6.03. The Kier molecular flexibility index (Phi) is 5.78. The molecular formula is C21H27N3O2. The van der Waals surface area contributed by atoms with Crippen LogP contribution in [-0.4, -0.2) is 36.4 Å². The van der Waals surface area contributed by atoms with Gasteiger partial charge >= 0.3 is 0 Å². The number of likely N-dealkylation sites (tertiary alicyclic amines) is 1. The molecule has 5 nitrogen and oxygen atoms in total. The average Bonchev–Trinajstić information content (AvgIpc) is 2.68. The van der Waals surface area contributed by atoms with E-state index in [9.17, 15) is 4.79 Å². The molecule has 0 saturated carbocycles. The monoisotopic (exact) mass is 353 g/mol. The van der Waals surface area contributed by atoms with E-state index in [-0.39, 0.29) is 5.78 Å². The number of benzene rings is 2. The van der Waals surface area contributed by atoms with Gasteiger partial charge in [-0.05, 0) is 63.2 Å². The summed E-state index contributed by atoms with van der Waals surface area (Å²) in [6.07, 6.45) is 3.81. The molecule has 1 unspecified atom stereocenters. The number of anilines is 2. The Bertz CT molecular complexity index is 770. The maximum Gasteiger partial charge on any atom is 0.196 e. The van der Waals surface area contributed by atoms with E-state index in [1.54, 1.807) is 24.3 Å². The summed E-state index contributed by atoms with van der Waals surface area (Å²) in [5.74, 6) is 0.495. The molecule has 0 bridgehead atoms. The standard InChI is InChI=1S/C21H27N3O2/c1-15(24-11-5-2-6-12-24)14-26-20-8-4-3-7-17(20)21(25)16-9-10-18(22)19(23)13-16/h3-4,7-10,13,15H,2,5-6,11-12,14,22-23H2,1H3. The first-order chi connectivity index (χ1) is 12.6. The minimum Gasteiger partial charge on any atom is -0.491 e. The molecule has 1 heterocycles. The molecule has 4 N–H and O–H groups in total. The molecule has 5 heteroatoms. The van der Waals surface area contributed by atoms with Crippen molar-refractivity contribution in [3.63, 3.8) is 0 Å². The van der Waals surface area contributed by atoms with Gasteiger partial charge in [0, 0.05) is 11.6 Å². The Morgan fingerprint density at radius 1 is 1.08 bits per heavy atom. The largest absolute Gasteiger partial charge is 0.491 e. The number of hydrogen-bond acceptors (Lipinski definition) is 5. The van der Waals surface area contributed by atoms with Gasteiger partial charge < -0.3 is 16.2 Å². The van der Waals surface area contributed by atoms with Crippen molar-refractivity contribution in [2.45, 2.75) is 32.2 Å². The highest BCUT2D eigenvalue weighted by atomic mass is 16.5. The quantitative estimate of drug-likeness (QED) is 0.615. The number of carbonyl (C=O) groups excluding carboxylic acids is 1. The van der Waals surface area contributed by atoms with Gasteiger partial charge in [0.05, 0.1) is 16.9 Å². The Hall–Kier alpha value is -2.53. The fourth-order valence-electron chi connectivity index (χ4n) is 3.33. The predicted molar refractivity (Wildman–Crippen MR) is 106 cm³/mol. The van der Waals surface area contributed by atoms with Gasteiger partial charge in [-0.25, -0.2) is 0 Å². The lowest BCUT2D eigenvalue weighted by Gasteiger charge is -2.32. The lowest BCUT2D eigenvalue weighted by molar-refractivity contribution is 0.102. The molecule has 0 amide bonds. The molecule has 1 saturated heterocycles. The molecule has 0 radical (unpaired) electrons. The molecule has 3 rings (SSSR count). The van der Waals surface area contributed by atoms with Crippen molar-refractivity contribution in [1.29, 1.82) is 0 Å². The fourth-order valence-corrected chi connectivity index (χ4v) is 3.33. The fraction of sp³-hybridized carbons (Fsp3) is 0.381. The highest BCUT2D eigenvalue weighted by Gasteiger charge is 2.19. The molecule has 0 aromatic heterocycles. The zero-order valence-electron chi connectivity index (χ0n) is 15.3. The summed E-state index contributed by atoms with van der Waals surface area (Å²) in [6, 6.07) is 12.7. The molecular weight excluding hydrogens is 326 g/mol. The Labute approximate surface area is 154 Å². The first-order valence-electron chi connectivity index (χ1n) is 9.22. The number of ether oxygens (including phenoxy) is 1. The molecule has 2 aromatic rings. The van der Waals surface area contributed by atoms with Gasteiger partial charge in [-0.15, -0.1) is 0 Å². The van der Waals surface area contributed by atoms with Gasteiger partial charge in [0.1, 0.15) is 12.4 Å². The van der Waals surface area contributed by atoms with Crippen molar-refractivity contribution in [1.82, 2.24) is 4.90 Å². The number of carbonyl (C=O) groups is 1. The molecule has 138 valence electrons. The predicted octanol–water partition coefficient (Wildman–Crippen LogP) is 3.34. The summed E-state index contributed by atoms with van der Waals surface area (Å²) in [7, 11) is 0. The van der Waals surface area contributed by atoms with Crippen molar-refractivity contribution < 1.29 is 9.53 Å². The van der Waals surface area contributed by atoms with E-state index in [2.05, 4.69) is 11.8 Å². The normalized spacial score (nSPS) is 16.2. The van der Waals surface area contributed by atoms with E-state index >= 15 is 0 Å². The molecule has 1 aliphatic rings. The van der Waals surface area contributed by atoms with Gasteiger partial charge in [-0.3, -0.25) is 9.69 Å². The summed E-state index contributed by atoms with van der Waals surface area (Å²) in [5, 5.41) is 0. The van der Waals surface area contributed by atoms with Crippen LogP contribution in [0, 0.1) is 0 Å². The summed E-state index contributed by atoms with van der Waals surface area (Å²) >= 11 is 0. The van der Waals surface area contributed by atoms with Crippen LogP contribution in [0.5, 0.6) is 5.75 Å². The van der Waals surface area contributed by atoms with Crippen molar-refractivity contribution in [2.24, 2.45) is 0 Å². The Morgan fingerprint density at radius 3 is 2.54 bits per heavy atom. The second kappa shape index (κ2) is 8.23. The molecule has 0 spiro atoms. The third-order valence-electron chi connectivity index (χ3n) is 4.97. The first kappa shape index (κ1) is 18.3. The number of nitrogens with zero attached hydrogens (tertiary/aromatic N) is 1. The molecule has 1 atom stereocenters. The van der Waals surface area contributed by atoms with Crippen LogP contribution in [0.3, 0.4) is 0 Å². The van der Waals surface area contributed by atoms with Crippen molar-refractivity contribution in [3.8, 4) is 5.75 Å². The zero-order valence-corrected chi connectivity index (χ0v) is 15.3. The highest BCUT2D eigenvalue weighted by molar-refractivity contribution is 6.11. The van der Waals surface area contributed by atoms with Gasteiger partial charge in [-0.2, -0.15) is 0 Å². The van der Waals surface area contributed by atoms with Crippen LogP contribution < -0.4 is 16.2 Å². The van der Waals surface area contributed by atoms with Crippen molar-refractivity contribution in [3.05, 3.63) is 53.6 Å². The third-order valence-corrected chi connectivity index (χ3v) is 4.97. The number of rotatable bonds is 6. The topological polar surface area (TPSA) is 81.6 Å². The Morgan fingerprint density at radius 2 is 1.81 bits per heavy atom. The number of piperidine rings is 1. The molecule has 0 aliphatic carbocycles. The van der Waals surface area contributed by atoms with Gasteiger partial charge in [-0.1, -0.05) is 18.6 Å². The van der Waals surface area contributed by atoms with Gasteiger partial charge in [0.15, 0.2) is 5.78 Å². The molecule has 1 fully saturated rings. The highest BCUT2D eigenvalue weighted by Crippen LogP contribution is 2.25. The summed E-state index contributed by atoms with van der Waals surface area (Å²) in [5.41, 5.74) is 13.5.